The molecule has 2 aromatic carbocycles. The average molecular weight is 421 g/mol. The third-order valence-corrected chi connectivity index (χ3v) is 5.67. The molecule has 1 amide bonds. The number of hydrogen-bond donors (Lipinski definition) is 2. The Morgan fingerprint density at radius 3 is 2.68 bits per heavy atom. The lowest BCUT2D eigenvalue weighted by molar-refractivity contribution is -0.704. The fraction of sp³-hybridized carbons (Fsp3) is 0.211. The van der Waals surface area contributed by atoms with Crippen LogP contribution in [0.1, 0.15) is 12.5 Å². The van der Waals surface area contributed by atoms with Gasteiger partial charge in [0.1, 0.15) is 5.75 Å². The molecular weight excluding hydrogens is 402 g/mol. The first-order valence-corrected chi connectivity index (χ1v) is 9.67. The number of aromatic amines is 1. The van der Waals surface area contributed by atoms with Crippen molar-refractivity contribution in [2.24, 2.45) is 0 Å². The van der Waals surface area contributed by atoms with E-state index in [1.807, 2.05) is 6.92 Å². The average Bonchev–Trinajstić information content (AvgIpc) is 3.05. The highest BCUT2D eigenvalue weighted by molar-refractivity contribution is 8.00. The Morgan fingerprint density at radius 2 is 2.00 bits per heavy atom. The predicted octanol–water partition coefficient (Wildman–Crippen LogP) is 3.33. The van der Waals surface area contributed by atoms with Crippen molar-refractivity contribution in [2.45, 2.75) is 24.1 Å². The summed E-state index contributed by atoms with van der Waals surface area (Å²) in [6, 6.07) is 12.4. The molecule has 0 aliphatic carbocycles. The second kappa shape index (κ2) is 8.53. The number of H-pyrrole nitrogens is 1. The molecule has 0 radical (unpaired) electrons. The number of benzene rings is 2. The molecule has 1 unspecified atom stereocenters. The van der Waals surface area contributed by atoms with Crippen LogP contribution in [0.2, 0.25) is 5.02 Å². The predicted molar refractivity (Wildman–Crippen MR) is 108 cm³/mol. The summed E-state index contributed by atoms with van der Waals surface area (Å²) in [5.41, 5.74) is 1.53. The van der Waals surface area contributed by atoms with Crippen LogP contribution in [0.3, 0.4) is 0 Å². The van der Waals surface area contributed by atoms with Gasteiger partial charge in [-0.3, -0.25) is 9.32 Å². The van der Waals surface area contributed by atoms with E-state index in [0.29, 0.717) is 22.1 Å². The van der Waals surface area contributed by atoms with Gasteiger partial charge in [0.15, 0.2) is 0 Å². The number of nitrogens with zero attached hydrogens (tertiary/aromatic N) is 1. The van der Waals surface area contributed by atoms with E-state index < -0.39 is 10.9 Å². The maximum atomic E-state index is 12.6. The number of amides is 1. The number of rotatable bonds is 6. The Bertz CT molecular complexity index is 1050. The van der Waals surface area contributed by atoms with Gasteiger partial charge in [-0.25, -0.2) is 4.79 Å². The van der Waals surface area contributed by atoms with Crippen molar-refractivity contribution < 1.29 is 18.7 Å². The molecule has 0 saturated heterocycles. The Balaban J connectivity index is 1.79. The second-order valence-electron chi connectivity index (χ2n) is 5.98. The Morgan fingerprint density at radius 1 is 1.29 bits per heavy atom. The summed E-state index contributed by atoms with van der Waals surface area (Å²) < 4.78 is 11.5. The van der Waals surface area contributed by atoms with Gasteiger partial charge in [0.2, 0.25) is 11.6 Å². The molecule has 0 aliphatic heterocycles. The molecule has 3 rings (SSSR count). The van der Waals surface area contributed by atoms with E-state index in [1.54, 1.807) is 56.5 Å². The van der Waals surface area contributed by atoms with Gasteiger partial charge < -0.3 is 10.1 Å². The largest absolute Gasteiger partial charge is 0.497 e. The Kier molecular flexibility index (Phi) is 6.11. The van der Waals surface area contributed by atoms with Gasteiger partial charge in [0, 0.05) is 22.8 Å². The number of ether oxygens (including phenoxy) is 1. The van der Waals surface area contributed by atoms with Crippen molar-refractivity contribution in [1.29, 1.82) is 0 Å². The summed E-state index contributed by atoms with van der Waals surface area (Å²) in [7, 11) is 1.57. The minimum atomic E-state index is -0.556. The van der Waals surface area contributed by atoms with E-state index in [1.165, 1.54) is 4.68 Å². The summed E-state index contributed by atoms with van der Waals surface area (Å²) in [5, 5.41) is 5.68. The maximum Gasteiger partial charge on any atom is 0.442 e. The molecule has 7 nitrogen and oxygen atoms in total. The summed E-state index contributed by atoms with van der Waals surface area (Å²) in [6.07, 6.45) is 0. The number of aromatic nitrogens is 2. The lowest BCUT2D eigenvalue weighted by atomic mass is 10.2. The molecule has 0 saturated carbocycles. The summed E-state index contributed by atoms with van der Waals surface area (Å²) >= 11 is 7.19. The van der Waals surface area contributed by atoms with Crippen molar-refractivity contribution in [1.82, 2.24) is 5.27 Å². The minimum Gasteiger partial charge on any atom is -0.497 e. The van der Waals surface area contributed by atoms with Gasteiger partial charge in [-0.1, -0.05) is 17.7 Å². The molecule has 1 atom stereocenters. The zero-order valence-corrected chi connectivity index (χ0v) is 17.1. The van der Waals surface area contributed by atoms with Gasteiger partial charge in [0.25, 0.3) is 0 Å². The van der Waals surface area contributed by atoms with Gasteiger partial charge >= 0.3 is 10.7 Å². The van der Waals surface area contributed by atoms with Gasteiger partial charge in [0.05, 0.1) is 12.4 Å². The monoisotopic (exact) mass is 420 g/mol. The normalized spacial score (nSPS) is 11.9. The van der Waals surface area contributed by atoms with Crippen LogP contribution in [-0.2, 0) is 4.79 Å². The van der Waals surface area contributed by atoms with Crippen LogP contribution < -0.4 is 20.4 Å². The smallest absolute Gasteiger partial charge is 0.442 e. The van der Waals surface area contributed by atoms with Crippen LogP contribution >= 0.6 is 23.4 Å². The number of carbonyl (C=O) groups excluding carboxylic acids is 1. The van der Waals surface area contributed by atoms with Crippen molar-refractivity contribution in [3.63, 3.8) is 0 Å². The number of carbonyl (C=O) groups is 1. The highest BCUT2D eigenvalue weighted by Gasteiger charge is 2.29. The first-order chi connectivity index (χ1) is 13.4. The van der Waals surface area contributed by atoms with E-state index in [9.17, 15) is 9.59 Å². The number of halogens is 1. The number of anilines is 1. The van der Waals surface area contributed by atoms with Crippen molar-refractivity contribution in [3.8, 4) is 11.4 Å². The second-order valence-corrected chi connectivity index (χ2v) is 7.72. The fourth-order valence-corrected chi connectivity index (χ4v) is 3.53. The van der Waals surface area contributed by atoms with E-state index in [4.69, 9.17) is 20.9 Å². The van der Waals surface area contributed by atoms with Gasteiger partial charge in [-0.2, -0.15) is 0 Å². The third kappa shape index (κ3) is 4.23. The Labute approximate surface area is 170 Å². The molecule has 0 bridgehead atoms. The van der Waals surface area contributed by atoms with E-state index in [-0.39, 0.29) is 10.9 Å². The number of nitrogens with one attached hydrogen (secondary N) is 2. The Hall–Kier alpha value is -2.71. The minimum absolute atomic E-state index is 0.253. The van der Waals surface area contributed by atoms with Crippen molar-refractivity contribution >= 4 is 35.0 Å². The van der Waals surface area contributed by atoms with E-state index in [0.717, 1.165) is 17.3 Å². The highest BCUT2D eigenvalue weighted by atomic mass is 35.5. The number of hydrogen-bond acceptors (Lipinski definition) is 5. The van der Waals surface area contributed by atoms with Crippen LogP contribution in [0.5, 0.6) is 5.75 Å². The number of methoxy groups -OCH3 is 1. The SMILES string of the molecule is COc1ccc(-[n+]2[nH]oc(=O)c2SC(C)C(=O)Nc2cccc(Cl)c2C)cc1. The van der Waals surface area contributed by atoms with Crippen molar-refractivity contribution in [2.75, 3.05) is 12.4 Å². The van der Waals surface area contributed by atoms with Crippen LogP contribution in [-0.4, -0.2) is 23.5 Å². The maximum absolute atomic E-state index is 12.6. The van der Waals surface area contributed by atoms with Crippen LogP contribution in [0.4, 0.5) is 5.69 Å². The summed E-state index contributed by atoms with van der Waals surface area (Å²) in [6.45, 7) is 3.54. The zero-order valence-electron chi connectivity index (χ0n) is 15.5. The van der Waals surface area contributed by atoms with Crippen LogP contribution in [0.15, 0.2) is 56.8 Å². The molecule has 28 heavy (non-hydrogen) atoms. The lowest BCUT2D eigenvalue weighted by Crippen LogP contribution is -2.37. The molecule has 9 heteroatoms. The molecule has 0 fully saturated rings. The van der Waals surface area contributed by atoms with E-state index >= 15 is 0 Å². The number of thioether (sulfide) groups is 1. The molecule has 0 spiro atoms. The molecule has 146 valence electrons. The van der Waals surface area contributed by atoms with Crippen LogP contribution in [0, 0.1) is 6.92 Å². The van der Waals surface area contributed by atoms with Gasteiger partial charge in [-0.05, 0) is 65.4 Å². The van der Waals surface area contributed by atoms with E-state index in [2.05, 4.69) is 10.6 Å². The summed E-state index contributed by atoms with van der Waals surface area (Å²) in [5.74, 6) is 0.436. The standard InChI is InChI=1S/C19H18ClN3O4S/c1-11-15(20)5-4-6-16(11)21-17(24)12(2)28-18-19(25)27-22-23(18)13-7-9-14(26-3)10-8-13/h4-10,12H,1-3H3,(H-,21,22,24,25)/p+1. The topological polar surface area (TPSA) is 88.2 Å². The quantitative estimate of drug-likeness (QED) is 0.471. The summed E-state index contributed by atoms with van der Waals surface area (Å²) in [4.78, 5) is 24.7. The molecule has 1 heterocycles. The molecule has 1 aromatic heterocycles. The molecule has 0 aliphatic rings. The third-order valence-electron chi connectivity index (χ3n) is 4.12. The molecular formula is C19H19ClN3O4S+. The lowest BCUT2D eigenvalue weighted by Gasteiger charge is -2.12. The first kappa shape index (κ1) is 20.0. The van der Waals surface area contributed by atoms with Crippen LogP contribution in [0.25, 0.3) is 5.69 Å². The first-order valence-electron chi connectivity index (χ1n) is 8.41. The zero-order chi connectivity index (χ0) is 20.3. The van der Waals surface area contributed by atoms with Crippen molar-refractivity contribution in [3.05, 3.63) is 63.5 Å². The molecule has 2 N–H and O–H groups in total. The highest BCUT2D eigenvalue weighted by Crippen LogP contribution is 2.25. The molecule has 3 aromatic rings. The van der Waals surface area contributed by atoms with Gasteiger partial charge in [-0.15, -0.1) is 0 Å². The fourth-order valence-electron chi connectivity index (χ4n) is 2.46.